The first-order chi connectivity index (χ1) is 11.7. The Hall–Kier alpha value is -0.570. The van der Waals surface area contributed by atoms with Gasteiger partial charge in [0.2, 0.25) is 0 Å². The van der Waals surface area contributed by atoms with E-state index in [1.54, 1.807) is 7.11 Å². The van der Waals surface area contributed by atoms with Crippen LogP contribution in [0.4, 0.5) is 0 Å². The van der Waals surface area contributed by atoms with Crippen LogP contribution < -0.4 is 0 Å². The minimum Gasteiger partial charge on any atom is -0.512 e. The third-order valence-corrected chi connectivity index (χ3v) is 9.83. The molecule has 4 aliphatic rings. The molecule has 0 amide bonds. The molecule has 3 aliphatic carbocycles. The SMILES string of the molecule is COC1=CC2SC[C@@H]3[C@@]4(C)CCCC(C)(C)[C@@H]4CC[C@@]3(C)C2C(O)=C1. The van der Waals surface area contributed by atoms with Gasteiger partial charge in [-0.15, -0.1) is 0 Å². The van der Waals surface area contributed by atoms with E-state index < -0.39 is 0 Å². The largest absolute Gasteiger partial charge is 0.512 e. The Labute approximate surface area is 157 Å². The van der Waals surface area contributed by atoms with Gasteiger partial charge in [-0.3, -0.25) is 0 Å². The number of allylic oxidation sites excluding steroid dienone is 2. The molecule has 4 rings (SSSR count). The lowest BCUT2D eigenvalue weighted by molar-refractivity contribution is -0.138. The number of ether oxygens (including phenoxy) is 1. The molecule has 2 nitrogen and oxygen atoms in total. The van der Waals surface area contributed by atoms with E-state index in [-0.39, 0.29) is 11.3 Å². The lowest BCUT2D eigenvalue weighted by atomic mass is 9.41. The van der Waals surface area contributed by atoms with Gasteiger partial charge in [0.15, 0.2) is 0 Å². The molecule has 0 aromatic carbocycles. The van der Waals surface area contributed by atoms with Crippen LogP contribution in [0.1, 0.15) is 59.8 Å². The average molecular weight is 363 g/mol. The summed E-state index contributed by atoms with van der Waals surface area (Å²) in [5.41, 5.74) is 1.08. The quantitative estimate of drug-likeness (QED) is 0.625. The Morgan fingerprint density at radius 2 is 1.84 bits per heavy atom. The first-order valence-corrected chi connectivity index (χ1v) is 11.1. The van der Waals surface area contributed by atoms with Crippen molar-refractivity contribution in [3.05, 3.63) is 23.7 Å². The van der Waals surface area contributed by atoms with Gasteiger partial charge in [0.25, 0.3) is 0 Å². The average Bonchev–Trinajstić information content (AvgIpc) is 2.52. The molecule has 3 fully saturated rings. The minimum atomic E-state index is 0.199. The van der Waals surface area contributed by atoms with Crippen molar-refractivity contribution >= 4 is 11.8 Å². The van der Waals surface area contributed by atoms with E-state index in [1.807, 2.05) is 6.08 Å². The minimum absolute atomic E-state index is 0.199. The maximum absolute atomic E-state index is 10.9. The molecule has 25 heavy (non-hydrogen) atoms. The van der Waals surface area contributed by atoms with Gasteiger partial charge >= 0.3 is 0 Å². The van der Waals surface area contributed by atoms with E-state index in [9.17, 15) is 5.11 Å². The highest BCUT2D eigenvalue weighted by Crippen LogP contribution is 2.69. The monoisotopic (exact) mass is 362 g/mol. The summed E-state index contributed by atoms with van der Waals surface area (Å²) in [7, 11) is 1.70. The number of rotatable bonds is 1. The standard InChI is InChI=1S/C22H34O2S/c1-20(2)8-6-9-21(3)17(20)7-10-22(4)18(21)13-25-16-12-14(24-5)11-15(23)19(16)22/h11-12,16-19,23H,6-10,13H2,1-5H3/t16?,17-,18+,19?,21-,22+/m0/s1. The molecule has 1 heterocycles. The van der Waals surface area contributed by atoms with Crippen LogP contribution in [-0.2, 0) is 4.74 Å². The lowest BCUT2D eigenvalue weighted by Gasteiger charge is -2.66. The maximum atomic E-state index is 10.9. The van der Waals surface area contributed by atoms with Crippen molar-refractivity contribution in [3.8, 4) is 0 Å². The van der Waals surface area contributed by atoms with E-state index in [1.165, 1.54) is 37.9 Å². The molecular formula is C22H34O2S. The molecule has 140 valence electrons. The number of methoxy groups -OCH3 is 1. The molecule has 0 spiro atoms. The highest BCUT2D eigenvalue weighted by molar-refractivity contribution is 8.00. The van der Waals surface area contributed by atoms with Gasteiger partial charge in [0.1, 0.15) is 11.5 Å². The predicted molar refractivity (Wildman–Crippen MR) is 106 cm³/mol. The Kier molecular flexibility index (Phi) is 4.07. The molecule has 0 radical (unpaired) electrons. The molecule has 0 aromatic rings. The van der Waals surface area contributed by atoms with E-state index >= 15 is 0 Å². The Balaban J connectivity index is 1.72. The molecular weight excluding hydrogens is 328 g/mol. The second kappa shape index (κ2) is 5.71. The normalized spacial score (nSPS) is 48.4. The third kappa shape index (κ3) is 2.44. The van der Waals surface area contributed by atoms with Gasteiger partial charge in [-0.2, -0.15) is 11.8 Å². The smallest absolute Gasteiger partial charge is 0.119 e. The number of aliphatic hydroxyl groups is 1. The number of hydrogen-bond acceptors (Lipinski definition) is 3. The summed E-state index contributed by atoms with van der Waals surface area (Å²) >= 11 is 2.05. The van der Waals surface area contributed by atoms with Gasteiger partial charge in [-0.25, -0.2) is 0 Å². The van der Waals surface area contributed by atoms with Crippen LogP contribution in [0.5, 0.6) is 0 Å². The third-order valence-electron chi connectivity index (χ3n) is 8.51. The molecule has 6 atom stereocenters. The summed E-state index contributed by atoms with van der Waals surface area (Å²) < 4.78 is 5.42. The highest BCUT2D eigenvalue weighted by atomic mass is 32.2. The van der Waals surface area contributed by atoms with E-state index in [0.29, 0.717) is 27.8 Å². The molecule has 1 saturated heterocycles. The van der Waals surface area contributed by atoms with Crippen molar-refractivity contribution in [2.75, 3.05) is 12.9 Å². The van der Waals surface area contributed by atoms with Crippen molar-refractivity contribution < 1.29 is 9.84 Å². The van der Waals surface area contributed by atoms with Crippen molar-refractivity contribution in [2.45, 2.75) is 65.0 Å². The predicted octanol–water partition coefficient (Wildman–Crippen LogP) is 5.95. The number of thioether (sulfide) groups is 1. The molecule has 0 aromatic heterocycles. The van der Waals surface area contributed by atoms with Gasteiger partial charge in [-0.05, 0) is 65.6 Å². The fraction of sp³-hybridized carbons (Fsp3) is 0.818. The van der Waals surface area contributed by atoms with E-state index in [2.05, 4.69) is 45.5 Å². The lowest BCUT2D eigenvalue weighted by Crippen LogP contribution is -2.60. The summed E-state index contributed by atoms with van der Waals surface area (Å²) in [5.74, 6) is 4.37. The second-order valence-electron chi connectivity index (χ2n) is 10.1. The van der Waals surface area contributed by atoms with E-state index in [0.717, 1.165) is 11.7 Å². The maximum Gasteiger partial charge on any atom is 0.119 e. The Morgan fingerprint density at radius 3 is 2.56 bits per heavy atom. The first-order valence-electron chi connectivity index (χ1n) is 10.0. The van der Waals surface area contributed by atoms with Crippen LogP contribution in [0.15, 0.2) is 23.7 Å². The first kappa shape index (κ1) is 17.8. The zero-order chi connectivity index (χ0) is 18.0. The van der Waals surface area contributed by atoms with Crippen LogP contribution in [0.2, 0.25) is 0 Å². The topological polar surface area (TPSA) is 29.5 Å². The molecule has 1 aliphatic heterocycles. The van der Waals surface area contributed by atoms with E-state index in [4.69, 9.17) is 4.74 Å². The number of aliphatic hydroxyl groups excluding tert-OH is 1. The Morgan fingerprint density at radius 1 is 1.08 bits per heavy atom. The Bertz CT molecular complexity index is 622. The summed E-state index contributed by atoms with van der Waals surface area (Å²) in [6.45, 7) is 10.1. The van der Waals surface area contributed by atoms with Gasteiger partial charge in [0.05, 0.1) is 7.11 Å². The van der Waals surface area contributed by atoms with Crippen molar-refractivity contribution in [1.82, 2.24) is 0 Å². The van der Waals surface area contributed by atoms with Crippen LogP contribution in [0.25, 0.3) is 0 Å². The number of fused-ring (bicyclic) bond motifs is 5. The highest BCUT2D eigenvalue weighted by Gasteiger charge is 2.63. The summed E-state index contributed by atoms with van der Waals surface area (Å²) in [6.07, 6.45) is 10.8. The zero-order valence-corrected chi connectivity index (χ0v) is 17.3. The van der Waals surface area contributed by atoms with Crippen molar-refractivity contribution in [2.24, 2.45) is 34.0 Å². The molecule has 2 unspecified atom stereocenters. The summed E-state index contributed by atoms with van der Waals surface area (Å²) in [6, 6.07) is 0. The molecule has 0 bridgehead atoms. The molecule has 2 saturated carbocycles. The van der Waals surface area contributed by atoms with Crippen LogP contribution in [-0.4, -0.2) is 23.2 Å². The zero-order valence-electron chi connectivity index (χ0n) is 16.5. The molecule has 1 N–H and O–H groups in total. The van der Waals surface area contributed by atoms with Gasteiger partial charge in [-0.1, -0.05) is 34.1 Å². The van der Waals surface area contributed by atoms with Crippen LogP contribution >= 0.6 is 11.8 Å². The summed E-state index contributed by atoms with van der Waals surface area (Å²) in [5, 5.41) is 11.3. The summed E-state index contributed by atoms with van der Waals surface area (Å²) in [4.78, 5) is 0. The van der Waals surface area contributed by atoms with Crippen LogP contribution in [0, 0.1) is 34.0 Å². The molecule has 3 heteroatoms. The second-order valence-corrected chi connectivity index (χ2v) is 11.3. The van der Waals surface area contributed by atoms with Gasteiger partial charge < -0.3 is 9.84 Å². The van der Waals surface area contributed by atoms with Crippen LogP contribution in [0.3, 0.4) is 0 Å². The fourth-order valence-electron chi connectivity index (χ4n) is 7.34. The van der Waals surface area contributed by atoms with Crippen molar-refractivity contribution in [3.63, 3.8) is 0 Å². The van der Waals surface area contributed by atoms with Crippen molar-refractivity contribution in [1.29, 1.82) is 0 Å². The fourth-order valence-corrected chi connectivity index (χ4v) is 9.39. The number of hydrogen-bond donors (Lipinski definition) is 1. The van der Waals surface area contributed by atoms with Gasteiger partial charge in [0, 0.05) is 17.2 Å².